The third-order valence-corrected chi connectivity index (χ3v) is 2.26. The van der Waals surface area contributed by atoms with Crippen molar-refractivity contribution in [3.63, 3.8) is 0 Å². The summed E-state index contributed by atoms with van der Waals surface area (Å²) in [6.45, 7) is 0. The van der Waals surface area contributed by atoms with Crippen LogP contribution in [-0.2, 0) is 0 Å². The van der Waals surface area contributed by atoms with Crippen LogP contribution in [0.1, 0.15) is 20.9 Å². The Bertz CT molecular complexity index is 546. The van der Waals surface area contributed by atoms with Gasteiger partial charge in [-0.1, -0.05) is 11.6 Å². The fraction of sp³-hybridized carbons (Fsp3) is 0. The van der Waals surface area contributed by atoms with Crippen molar-refractivity contribution in [1.82, 2.24) is 0 Å². The van der Waals surface area contributed by atoms with Crippen LogP contribution >= 0.6 is 11.6 Å². The molecule has 0 saturated heterocycles. The van der Waals surface area contributed by atoms with Crippen LogP contribution in [0.3, 0.4) is 0 Å². The van der Waals surface area contributed by atoms with E-state index in [1.165, 1.54) is 30.5 Å². The Morgan fingerprint density at radius 1 is 1.35 bits per heavy atom. The summed E-state index contributed by atoms with van der Waals surface area (Å²) in [7, 11) is 0. The molecule has 1 aromatic carbocycles. The second-order valence-electron chi connectivity index (χ2n) is 3.17. The first kappa shape index (κ1) is 11.4. The molecule has 1 heterocycles. The van der Waals surface area contributed by atoms with Gasteiger partial charge >= 0.3 is 5.97 Å². The summed E-state index contributed by atoms with van der Waals surface area (Å²) in [6, 6.07) is 7.43. The predicted molar refractivity (Wildman–Crippen MR) is 60.5 cm³/mol. The van der Waals surface area contributed by atoms with Gasteiger partial charge in [0.2, 0.25) is 5.76 Å². The molecule has 0 atom stereocenters. The van der Waals surface area contributed by atoms with Crippen LogP contribution in [0.25, 0.3) is 0 Å². The first-order valence-corrected chi connectivity index (χ1v) is 5.09. The number of hydrogen-bond donors (Lipinski definition) is 0. The summed E-state index contributed by atoms with van der Waals surface area (Å²) >= 11 is 5.71. The molecule has 4 nitrogen and oxygen atoms in total. The lowest BCUT2D eigenvalue weighted by atomic mass is 10.2. The Hall–Kier alpha value is -2.07. The highest BCUT2D eigenvalue weighted by Gasteiger charge is 2.13. The number of benzene rings is 1. The summed E-state index contributed by atoms with van der Waals surface area (Å²) in [5.74, 6) is -0.456. The molecule has 0 fully saturated rings. The zero-order valence-corrected chi connectivity index (χ0v) is 9.31. The van der Waals surface area contributed by atoms with Gasteiger partial charge in [0.15, 0.2) is 6.29 Å². The van der Waals surface area contributed by atoms with Crippen molar-refractivity contribution in [1.29, 1.82) is 0 Å². The molecule has 0 N–H and O–H groups in total. The van der Waals surface area contributed by atoms with E-state index in [0.29, 0.717) is 11.3 Å². The molecular weight excluding hydrogens is 244 g/mol. The number of ether oxygens (including phenoxy) is 1. The molecule has 86 valence electrons. The van der Waals surface area contributed by atoms with Gasteiger partial charge in [-0.15, -0.1) is 0 Å². The number of aldehydes is 1. The normalized spacial score (nSPS) is 9.94. The predicted octanol–water partition coefficient (Wildman–Crippen LogP) is 2.96. The molecule has 2 aromatic rings. The number of carbonyl (C=O) groups is 2. The number of esters is 1. The van der Waals surface area contributed by atoms with Crippen molar-refractivity contribution in [2.75, 3.05) is 0 Å². The van der Waals surface area contributed by atoms with Crippen LogP contribution in [0, 0.1) is 0 Å². The molecule has 0 radical (unpaired) electrons. The van der Waals surface area contributed by atoms with Gasteiger partial charge in [-0.2, -0.15) is 0 Å². The minimum Gasteiger partial charge on any atom is -0.457 e. The van der Waals surface area contributed by atoms with Crippen molar-refractivity contribution in [2.24, 2.45) is 0 Å². The number of carbonyl (C=O) groups excluding carboxylic acids is 2. The lowest BCUT2D eigenvalue weighted by Gasteiger charge is -2.05. The van der Waals surface area contributed by atoms with Crippen LogP contribution in [-0.4, -0.2) is 12.3 Å². The third kappa shape index (κ3) is 2.54. The van der Waals surface area contributed by atoms with Crippen LogP contribution in [0.15, 0.2) is 41.0 Å². The van der Waals surface area contributed by atoms with E-state index in [1.54, 1.807) is 6.07 Å². The van der Waals surface area contributed by atoms with E-state index in [9.17, 15) is 9.59 Å². The topological polar surface area (TPSA) is 56.5 Å². The SMILES string of the molecule is O=Cc1cc(Cl)ccc1OC(=O)c1ccco1. The Balaban J connectivity index is 2.24. The highest BCUT2D eigenvalue weighted by molar-refractivity contribution is 6.30. The molecule has 0 aliphatic rings. The minimum atomic E-state index is -0.666. The Morgan fingerprint density at radius 3 is 2.82 bits per heavy atom. The molecule has 0 aliphatic carbocycles. The highest BCUT2D eigenvalue weighted by Crippen LogP contribution is 2.22. The van der Waals surface area contributed by atoms with Crippen molar-refractivity contribution in [3.05, 3.63) is 52.9 Å². The molecule has 0 aliphatic heterocycles. The largest absolute Gasteiger partial charge is 0.457 e. The smallest absolute Gasteiger partial charge is 0.379 e. The van der Waals surface area contributed by atoms with Crippen molar-refractivity contribution >= 4 is 23.9 Å². The zero-order valence-electron chi connectivity index (χ0n) is 8.55. The molecule has 0 amide bonds. The van der Waals surface area contributed by atoms with E-state index in [-0.39, 0.29) is 17.1 Å². The van der Waals surface area contributed by atoms with E-state index in [4.69, 9.17) is 20.8 Å². The quantitative estimate of drug-likeness (QED) is 0.477. The van der Waals surface area contributed by atoms with Crippen LogP contribution < -0.4 is 4.74 Å². The second kappa shape index (κ2) is 4.84. The molecule has 17 heavy (non-hydrogen) atoms. The standard InChI is InChI=1S/C12H7ClO4/c13-9-3-4-10(8(6-9)7-14)17-12(15)11-2-1-5-16-11/h1-7H. The number of furan rings is 1. The first-order valence-electron chi connectivity index (χ1n) is 4.71. The van der Waals surface area contributed by atoms with Crippen molar-refractivity contribution in [2.45, 2.75) is 0 Å². The summed E-state index contributed by atoms with van der Waals surface area (Å²) in [5.41, 5.74) is 0.206. The molecule has 0 bridgehead atoms. The monoisotopic (exact) mass is 250 g/mol. The van der Waals surface area contributed by atoms with Gasteiger partial charge in [-0.05, 0) is 30.3 Å². The summed E-state index contributed by atoms with van der Waals surface area (Å²) in [6.07, 6.45) is 1.93. The molecule has 0 unspecified atom stereocenters. The minimum absolute atomic E-state index is 0.0665. The van der Waals surface area contributed by atoms with E-state index in [1.807, 2.05) is 0 Å². The number of hydrogen-bond acceptors (Lipinski definition) is 4. The average molecular weight is 251 g/mol. The van der Waals surface area contributed by atoms with E-state index in [2.05, 4.69) is 0 Å². The maximum atomic E-state index is 11.6. The van der Waals surface area contributed by atoms with Gasteiger partial charge in [0.05, 0.1) is 11.8 Å². The average Bonchev–Trinajstić information content (AvgIpc) is 2.85. The number of rotatable bonds is 3. The van der Waals surface area contributed by atoms with Crippen LogP contribution in [0.2, 0.25) is 5.02 Å². The fourth-order valence-electron chi connectivity index (χ4n) is 1.25. The lowest BCUT2D eigenvalue weighted by molar-refractivity contribution is 0.0700. The molecule has 0 saturated carbocycles. The van der Waals surface area contributed by atoms with Crippen LogP contribution in [0.5, 0.6) is 5.75 Å². The zero-order chi connectivity index (χ0) is 12.3. The van der Waals surface area contributed by atoms with Crippen molar-refractivity contribution < 1.29 is 18.7 Å². The summed E-state index contributed by atoms with van der Waals surface area (Å²) in [5, 5.41) is 0.393. The van der Waals surface area contributed by atoms with Crippen LogP contribution in [0.4, 0.5) is 0 Å². The Morgan fingerprint density at radius 2 is 2.18 bits per heavy atom. The molecular formula is C12H7ClO4. The maximum Gasteiger partial charge on any atom is 0.379 e. The Kier molecular flexibility index (Phi) is 3.25. The van der Waals surface area contributed by atoms with Gasteiger partial charge < -0.3 is 9.15 Å². The first-order chi connectivity index (χ1) is 8.20. The molecule has 2 rings (SSSR count). The van der Waals surface area contributed by atoms with E-state index in [0.717, 1.165) is 0 Å². The summed E-state index contributed by atoms with van der Waals surface area (Å²) < 4.78 is 9.89. The molecule has 1 aromatic heterocycles. The molecule has 0 spiro atoms. The lowest BCUT2D eigenvalue weighted by Crippen LogP contribution is -2.08. The highest BCUT2D eigenvalue weighted by atomic mass is 35.5. The number of halogens is 1. The second-order valence-corrected chi connectivity index (χ2v) is 3.60. The van der Waals surface area contributed by atoms with Gasteiger partial charge in [0.25, 0.3) is 0 Å². The van der Waals surface area contributed by atoms with E-state index >= 15 is 0 Å². The maximum absolute atomic E-state index is 11.6. The van der Waals surface area contributed by atoms with Gasteiger partial charge in [0.1, 0.15) is 5.75 Å². The van der Waals surface area contributed by atoms with Crippen molar-refractivity contribution in [3.8, 4) is 5.75 Å². The Labute approximate surface area is 102 Å². The van der Waals surface area contributed by atoms with Gasteiger partial charge in [0, 0.05) is 5.02 Å². The molecule has 5 heteroatoms. The third-order valence-electron chi connectivity index (χ3n) is 2.02. The van der Waals surface area contributed by atoms with Gasteiger partial charge in [-0.3, -0.25) is 4.79 Å². The summed E-state index contributed by atoms with van der Waals surface area (Å²) in [4.78, 5) is 22.3. The van der Waals surface area contributed by atoms with Gasteiger partial charge in [-0.25, -0.2) is 4.79 Å². The van der Waals surface area contributed by atoms with E-state index < -0.39 is 5.97 Å². The fourth-order valence-corrected chi connectivity index (χ4v) is 1.43.